The third kappa shape index (κ3) is 1.76. The van der Waals surface area contributed by atoms with Crippen LogP contribution in [-0.2, 0) is 6.42 Å². The van der Waals surface area contributed by atoms with Crippen LogP contribution in [0.1, 0.15) is 35.3 Å². The second-order valence-corrected chi connectivity index (χ2v) is 4.80. The highest BCUT2D eigenvalue weighted by molar-refractivity contribution is 5.97. The highest BCUT2D eigenvalue weighted by atomic mass is 35.5. The smallest absolute Gasteiger partial charge is 0.181 e. The molecule has 0 unspecified atom stereocenters. The summed E-state index contributed by atoms with van der Waals surface area (Å²) in [7, 11) is 0. The summed E-state index contributed by atoms with van der Waals surface area (Å²) in [5.74, 6) is 0.246. The normalized spacial score (nSPS) is 22.6. The van der Waals surface area contributed by atoms with Crippen molar-refractivity contribution in [3.05, 3.63) is 17.5 Å². The van der Waals surface area contributed by atoms with Gasteiger partial charge in [0.25, 0.3) is 0 Å². The first kappa shape index (κ1) is 11.6. The number of nitrogens with one attached hydrogen (secondary N) is 2. The maximum Gasteiger partial charge on any atom is 0.181 e. The molecule has 0 aromatic carbocycles. The summed E-state index contributed by atoms with van der Waals surface area (Å²) in [5, 5.41) is 10.1. The molecule has 1 aliphatic heterocycles. The number of aromatic amines is 1. The Bertz CT molecular complexity index is 396. The standard InChI is InChI=1S/C11H15N3O.ClH/c15-9-6-11(1-3-12-4-2-11)5-8-7-13-14-10(8)9;/h7,12H,1-6H2,(H,13,14);1H. The van der Waals surface area contributed by atoms with E-state index < -0.39 is 0 Å². The Morgan fingerprint density at radius 1 is 1.25 bits per heavy atom. The predicted octanol–water partition coefficient (Wildman–Crippen LogP) is 1.33. The summed E-state index contributed by atoms with van der Waals surface area (Å²) in [6.45, 7) is 2.08. The summed E-state index contributed by atoms with van der Waals surface area (Å²) in [6, 6.07) is 0. The molecule has 1 fully saturated rings. The highest BCUT2D eigenvalue weighted by Crippen LogP contribution is 2.41. The fraction of sp³-hybridized carbons (Fsp3) is 0.636. The zero-order chi connectivity index (χ0) is 10.3. The van der Waals surface area contributed by atoms with Gasteiger partial charge in [0.15, 0.2) is 5.78 Å². The number of aromatic nitrogens is 2. The lowest BCUT2D eigenvalue weighted by atomic mass is 9.67. The first-order valence-corrected chi connectivity index (χ1v) is 5.55. The molecular formula is C11H16ClN3O. The summed E-state index contributed by atoms with van der Waals surface area (Å²) >= 11 is 0. The Balaban J connectivity index is 0.000000963. The quantitative estimate of drug-likeness (QED) is 0.721. The van der Waals surface area contributed by atoms with Crippen LogP contribution in [0.5, 0.6) is 0 Å². The zero-order valence-corrected chi connectivity index (χ0v) is 9.90. The average Bonchev–Trinajstić information content (AvgIpc) is 2.67. The minimum absolute atomic E-state index is 0. The van der Waals surface area contributed by atoms with Gasteiger partial charge in [0.05, 0.1) is 6.20 Å². The third-order valence-electron chi connectivity index (χ3n) is 3.76. The minimum atomic E-state index is 0. The first-order valence-electron chi connectivity index (χ1n) is 5.55. The van der Waals surface area contributed by atoms with Crippen LogP contribution in [0.15, 0.2) is 6.20 Å². The number of carbonyl (C=O) groups is 1. The van der Waals surface area contributed by atoms with Crippen molar-refractivity contribution >= 4 is 18.2 Å². The van der Waals surface area contributed by atoms with Gasteiger partial charge in [-0.05, 0) is 37.8 Å². The third-order valence-corrected chi connectivity index (χ3v) is 3.76. The fourth-order valence-electron chi connectivity index (χ4n) is 2.89. The number of H-pyrrole nitrogens is 1. The number of fused-ring (bicyclic) bond motifs is 1. The van der Waals surface area contributed by atoms with Crippen LogP contribution < -0.4 is 5.32 Å². The van der Waals surface area contributed by atoms with E-state index in [1.165, 1.54) is 0 Å². The van der Waals surface area contributed by atoms with Gasteiger partial charge in [0.2, 0.25) is 0 Å². The fourth-order valence-corrected chi connectivity index (χ4v) is 2.89. The van der Waals surface area contributed by atoms with Gasteiger partial charge in [-0.2, -0.15) is 5.10 Å². The summed E-state index contributed by atoms with van der Waals surface area (Å²) < 4.78 is 0. The molecule has 0 radical (unpaired) electrons. The van der Waals surface area contributed by atoms with E-state index in [9.17, 15) is 4.79 Å². The van der Waals surface area contributed by atoms with Gasteiger partial charge in [-0.3, -0.25) is 9.89 Å². The molecule has 0 amide bonds. The Kier molecular flexibility index (Phi) is 3.04. The van der Waals surface area contributed by atoms with E-state index in [2.05, 4.69) is 15.5 Å². The van der Waals surface area contributed by atoms with Gasteiger partial charge in [0.1, 0.15) is 5.69 Å². The van der Waals surface area contributed by atoms with Crippen molar-refractivity contribution in [1.82, 2.24) is 15.5 Å². The molecule has 2 aliphatic rings. The molecule has 5 heteroatoms. The largest absolute Gasteiger partial charge is 0.317 e. The topological polar surface area (TPSA) is 57.8 Å². The lowest BCUT2D eigenvalue weighted by molar-refractivity contribution is 0.0831. The van der Waals surface area contributed by atoms with Crippen molar-refractivity contribution in [2.24, 2.45) is 5.41 Å². The van der Waals surface area contributed by atoms with E-state index in [1.807, 2.05) is 6.20 Å². The van der Waals surface area contributed by atoms with E-state index in [0.29, 0.717) is 6.42 Å². The van der Waals surface area contributed by atoms with E-state index in [1.54, 1.807) is 0 Å². The number of hydrogen-bond donors (Lipinski definition) is 2. The molecule has 0 saturated carbocycles. The Morgan fingerprint density at radius 3 is 2.75 bits per heavy atom. The molecule has 1 aromatic heterocycles. The molecule has 3 rings (SSSR count). The molecule has 1 spiro atoms. The van der Waals surface area contributed by atoms with E-state index in [4.69, 9.17) is 0 Å². The maximum absolute atomic E-state index is 11.9. The van der Waals surface area contributed by atoms with E-state index in [-0.39, 0.29) is 23.6 Å². The van der Waals surface area contributed by atoms with Gasteiger partial charge >= 0.3 is 0 Å². The molecule has 88 valence electrons. The van der Waals surface area contributed by atoms with E-state index in [0.717, 1.165) is 43.6 Å². The zero-order valence-electron chi connectivity index (χ0n) is 9.08. The Labute approximate surface area is 101 Å². The molecule has 0 bridgehead atoms. The van der Waals surface area contributed by atoms with Crippen LogP contribution in [0.4, 0.5) is 0 Å². The molecule has 16 heavy (non-hydrogen) atoms. The number of Topliss-reactive ketones (excluding diaryl/α,β-unsaturated/α-hetero) is 1. The molecule has 1 saturated heterocycles. The van der Waals surface area contributed by atoms with Crippen LogP contribution in [0, 0.1) is 5.41 Å². The predicted molar refractivity (Wildman–Crippen MR) is 63.0 cm³/mol. The van der Waals surface area contributed by atoms with Crippen LogP contribution in [0.2, 0.25) is 0 Å². The molecule has 4 nitrogen and oxygen atoms in total. The van der Waals surface area contributed by atoms with Crippen molar-refractivity contribution in [1.29, 1.82) is 0 Å². The second-order valence-electron chi connectivity index (χ2n) is 4.80. The Morgan fingerprint density at radius 2 is 2.00 bits per heavy atom. The SMILES string of the molecule is Cl.O=C1CC2(CCNCC2)Cc2cn[nH]c21. The average molecular weight is 242 g/mol. The number of halogens is 1. The van der Waals surface area contributed by atoms with Crippen molar-refractivity contribution < 1.29 is 4.79 Å². The monoisotopic (exact) mass is 241 g/mol. The summed E-state index contributed by atoms with van der Waals surface area (Å²) in [4.78, 5) is 11.9. The van der Waals surface area contributed by atoms with Crippen molar-refractivity contribution in [3.63, 3.8) is 0 Å². The van der Waals surface area contributed by atoms with Crippen LogP contribution in [-0.4, -0.2) is 29.1 Å². The molecule has 2 N–H and O–H groups in total. The number of carbonyl (C=O) groups excluding carboxylic acids is 1. The second kappa shape index (κ2) is 4.18. The number of hydrogen-bond acceptors (Lipinski definition) is 3. The van der Waals surface area contributed by atoms with Crippen LogP contribution in [0.3, 0.4) is 0 Å². The Hall–Kier alpha value is -0.870. The van der Waals surface area contributed by atoms with Crippen molar-refractivity contribution in [2.45, 2.75) is 25.7 Å². The molecular weight excluding hydrogens is 226 g/mol. The van der Waals surface area contributed by atoms with Crippen molar-refractivity contribution in [3.8, 4) is 0 Å². The van der Waals surface area contributed by atoms with Gasteiger partial charge in [-0.1, -0.05) is 0 Å². The molecule has 2 heterocycles. The number of ketones is 1. The van der Waals surface area contributed by atoms with Gasteiger partial charge in [-0.15, -0.1) is 12.4 Å². The lowest BCUT2D eigenvalue weighted by Crippen LogP contribution is -2.41. The van der Waals surface area contributed by atoms with Gasteiger partial charge in [0, 0.05) is 12.0 Å². The summed E-state index contributed by atoms with van der Waals surface area (Å²) in [6.07, 6.45) is 5.76. The summed E-state index contributed by atoms with van der Waals surface area (Å²) in [5.41, 5.74) is 2.09. The molecule has 0 atom stereocenters. The number of piperidine rings is 1. The minimum Gasteiger partial charge on any atom is -0.317 e. The first-order chi connectivity index (χ1) is 7.29. The van der Waals surface area contributed by atoms with Crippen LogP contribution in [0.25, 0.3) is 0 Å². The van der Waals surface area contributed by atoms with E-state index >= 15 is 0 Å². The highest BCUT2D eigenvalue weighted by Gasteiger charge is 2.40. The maximum atomic E-state index is 11.9. The van der Waals surface area contributed by atoms with Gasteiger partial charge < -0.3 is 5.32 Å². The number of nitrogens with zero attached hydrogens (tertiary/aromatic N) is 1. The van der Waals surface area contributed by atoms with Gasteiger partial charge in [-0.25, -0.2) is 0 Å². The number of rotatable bonds is 0. The van der Waals surface area contributed by atoms with Crippen LogP contribution >= 0.6 is 12.4 Å². The van der Waals surface area contributed by atoms with Crippen molar-refractivity contribution in [2.75, 3.05) is 13.1 Å². The molecule has 1 aromatic rings. The lowest BCUT2D eigenvalue weighted by Gasteiger charge is -2.39. The molecule has 1 aliphatic carbocycles.